The summed E-state index contributed by atoms with van der Waals surface area (Å²) < 4.78 is 17.7. The lowest BCUT2D eigenvalue weighted by Crippen LogP contribution is -2.38. The van der Waals surface area contributed by atoms with Crippen molar-refractivity contribution >= 4 is 5.96 Å². The summed E-state index contributed by atoms with van der Waals surface area (Å²) in [4.78, 5) is 8.49. The predicted octanol–water partition coefficient (Wildman–Crippen LogP) is 1.81. The van der Waals surface area contributed by atoms with Crippen LogP contribution in [-0.2, 0) is 13.0 Å². The molecule has 0 aliphatic rings. The van der Waals surface area contributed by atoms with Crippen molar-refractivity contribution in [2.45, 2.75) is 26.8 Å². The lowest BCUT2D eigenvalue weighted by atomic mass is 10.1. The fourth-order valence-electron chi connectivity index (χ4n) is 1.87. The number of benzene rings is 1. The highest BCUT2D eigenvalue weighted by Gasteiger charge is 2.02. The van der Waals surface area contributed by atoms with Crippen molar-refractivity contribution in [2.24, 2.45) is 4.99 Å². The number of halogens is 1. The highest BCUT2D eigenvalue weighted by atomic mass is 19.1. The highest BCUT2D eigenvalue weighted by Crippen LogP contribution is 2.02. The lowest BCUT2D eigenvalue weighted by Gasteiger charge is -2.10. The van der Waals surface area contributed by atoms with Crippen molar-refractivity contribution in [2.75, 3.05) is 13.1 Å². The van der Waals surface area contributed by atoms with Gasteiger partial charge in [0, 0.05) is 20.0 Å². The van der Waals surface area contributed by atoms with Gasteiger partial charge in [0.05, 0.1) is 0 Å². The van der Waals surface area contributed by atoms with Gasteiger partial charge in [-0.3, -0.25) is 0 Å². The molecule has 118 valence electrons. The molecular formula is C15H20FN5O. The average Bonchev–Trinajstić information content (AvgIpc) is 2.92. The van der Waals surface area contributed by atoms with Crippen LogP contribution in [0.15, 0.2) is 33.8 Å². The molecule has 0 atom stereocenters. The standard InChI is InChI=1S/C15H20FN5O/c1-3-17-15(19-10-14-20-11(2)22-21-14)18-9-8-12-4-6-13(16)7-5-12/h4-7H,3,8-10H2,1-2H3,(H2,17,18,19). The van der Waals surface area contributed by atoms with Crippen molar-refractivity contribution in [1.29, 1.82) is 0 Å². The Hall–Kier alpha value is -2.44. The minimum absolute atomic E-state index is 0.220. The molecule has 0 aliphatic carbocycles. The van der Waals surface area contributed by atoms with Crippen LogP contribution in [0.25, 0.3) is 0 Å². The Kier molecular flexibility index (Phi) is 5.88. The third-order valence-corrected chi connectivity index (χ3v) is 2.91. The summed E-state index contributed by atoms with van der Waals surface area (Å²) >= 11 is 0. The van der Waals surface area contributed by atoms with Gasteiger partial charge < -0.3 is 15.2 Å². The van der Waals surface area contributed by atoms with Crippen molar-refractivity contribution in [1.82, 2.24) is 20.8 Å². The Labute approximate surface area is 128 Å². The van der Waals surface area contributed by atoms with Gasteiger partial charge in [-0.1, -0.05) is 17.3 Å². The van der Waals surface area contributed by atoms with Crippen LogP contribution in [0.4, 0.5) is 4.39 Å². The fraction of sp³-hybridized carbons (Fsp3) is 0.400. The van der Waals surface area contributed by atoms with Gasteiger partial charge in [0.15, 0.2) is 11.8 Å². The summed E-state index contributed by atoms with van der Waals surface area (Å²) in [7, 11) is 0. The first-order chi connectivity index (χ1) is 10.7. The molecule has 0 fully saturated rings. The first kappa shape index (κ1) is 15.9. The van der Waals surface area contributed by atoms with Gasteiger partial charge in [-0.15, -0.1) is 0 Å². The zero-order valence-electron chi connectivity index (χ0n) is 12.8. The van der Waals surface area contributed by atoms with Crippen LogP contribution in [0.3, 0.4) is 0 Å². The minimum atomic E-state index is -0.220. The second-order valence-electron chi connectivity index (χ2n) is 4.73. The topological polar surface area (TPSA) is 75.3 Å². The zero-order chi connectivity index (χ0) is 15.8. The molecule has 0 aliphatic heterocycles. The van der Waals surface area contributed by atoms with Crippen LogP contribution in [0, 0.1) is 12.7 Å². The van der Waals surface area contributed by atoms with E-state index in [0.29, 0.717) is 30.8 Å². The van der Waals surface area contributed by atoms with E-state index in [-0.39, 0.29) is 5.82 Å². The number of rotatable bonds is 6. The number of hydrogen-bond acceptors (Lipinski definition) is 4. The summed E-state index contributed by atoms with van der Waals surface area (Å²) in [5.74, 6) is 1.54. The number of aromatic nitrogens is 2. The smallest absolute Gasteiger partial charge is 0.223 e. The second-order valence-corrected chi connectivity index (χ2v) is 4.73. The van der Waals surface area contributed by atoms with E-state index in [1.165, 1.54) is 12.1 Å². The SMILES string of the molecule is CCNC(=NCc1noc(C)n1)NCCc1ccc(F)cc1. The summed E-state index contributed by atoms with van der Waals surface area (Å²) in [5, 5.41) is 10.2. The maximum Gasteiger partial charge on any atom is 0.223 e. The van der Waals surface area contributed by atoms with E-state index in [0.717, 1.165) is 18.5 Å². The van der Waals surface area contributed by atoms with Crippen LogP contribution >= 0.6 is 0 Å². The Bertz CT molecular complexity index is 609. The molecule has 1 aromatic carbocycles. The summed E-state index contributed by atoms with van der Waals surface area (Å²) in [6.07, 6.45) is 0.784. The molecule has 0 saturated heterocycles. The van der Waals surface area contributed by atoms with Gasteiger partial charge in [-0.25, -0.2) is 9.38 Å². The number of nitrogens with one attached hydrogen (secondary N) is 2. The van der Waals surface area contributed by atoms with Crippen molar-refractivity contribution in [3.63, 3.8) is 0 Å². The van der Waals surface area contributed by atoms with Gasteiger partial charge in [-0.2, -0.15) is 4.98 Å². The van der Waals surface area contributed by atoms with Gasteiger partial charge in [0.1, 0.15) is 12.4 Å². The second kappa shape index (κ2) is 8.11. The van der Waals surface area contributed by atoms with E-state index in [9.17, 15) is 4.39 Å². The quantitative estimate of drug-likeness (QED) is 0.629. The van der Waals surface area contributed by atoms with E-state index >= 15 is 0 Å². The molecule has 6 nitrogen and oxygen atoms in total. The molecule has 0 spiro atoms. The molecule has 0 unspecified atom stereocenters. The Morgan fingerprint density at radius 2 is 2.05 bits per heavy atom. The molecule has 1 aromatic heterocycles. The van der Waals surface area contributed by atoms with E-state index in [1.54, 1.807) is 19.1 Å². The molecule has 0 bridgehead atoms. The summed E-state index contributed by atoms with van der Waals surface area (Å²) in [6, 6.07) is 6.49. The van der Waals surface area contributed by atoms with Crippen molar-refractivity contribution < 1.29 is 8.91 Å². The molecule has 2 aromatic rings. The van der Waals surface area contributed by atoms with Gasteiger partial charge in [0.25, 0.3) is 0 Å². The first-order valence-electron chi connectivity index (χ1n) is 7.23. The third-order valence-electron chi connectivity index (χ3n) is 2.91. The van der Waals surface area contributed by atoms with Crippen LogP contribution < -0.4 is 10.6 Å². The molecule has 2 rings (SSSR count). The van der Waals surface area contributed by atoms with E-state index in [2.05, 4.69) is 25.8 Å². The van der Waals surface area contributed by atoms with Crippen LogP contribution in [0.1, 0.15) is 24.2 Å². The molecule has 1 heterocycles. The molecule has 0 saturated carbocycles. The largest absolute Gasteiger partial charge is 0.357 e. The molecular weight excluding hydrogens is 285 g/mol. The molecule has 2 N–H and O–H groups in total. The number of guanidine groups is 1. The average molecular weight is 305 g/mol. The first-order valence-corrected chi connectivity index (χ1v) is 7.23. The Balaban J connectivity index is 1.84. The van der Waals surface area contributed by atoms with Gasteiger partial charge >= 0.3 is 0 Å². The summed E-state index contributed by atoms with van der Waals surface area (Å²) in [5.41, 5.74) is 1.07. The maximum atomic E-state index is 12.8. The fourth-order valence-corrected chi connectivity index (χ4v) is 1.87. The molecule has 0 radical (unpaired) electrons. The number of aryl methyl sites for hydroxylation is 1. The number of hydrogen-bond donors (Lipinski definition) is 2. The highest BCUT2D eigenvalue weighted by molar-refractivity contribution is 5.79. The normalized spacial score (nSPS) is 11.5. The monoisotopic (exact) mass is 305 g/mol. The van der Waals surface area contributed by atoms with Gasteiger partial charge in [0.2, 0.25) is 5.89 Å². The Morgan fingerprint density at radius 3 is 2.68 bits per heavy atom. The maximum absolute atomic E-state index is 12.8. The Morgan fingerprint density at radius 1 is 1.27 bits per heavy atom. The number of nitrogens with zero attached hydrogens (tertiary/aromatic N) is 3. The molecule has 0 amide bonds. The van der Waals surface area contributed by atoms with Crippen LogP contribution in [-0.4, -0.2) is 29.2 Å². The summed E-state index contributed by atoms with van der Waals surface area (Å²) in [6.45, 7) is 5.54. The molecule has 22 heavy (non-hydrogen) atoms. The third kappa shape index (κ3) is 5.16. The van der Waals surface area contributed by atoms with E-state index in [1.807, 2.05) is 6.92 Å². The lowest BCUT2D eigenvalue weighted by molar-refractivity contribution is 0.387. The van der Waals surface area contributed by atoms with Crippen molar-refractivity contribution in [3.8, 4) is 0 Å². The zero-order valence-corrected chi connectivity index (χ0v) is 12.8. The van der Waals surface area contributed by atoms with Crippen molar-refractivity contribution in [3.05, 3.63) is 47.4 Å². The van der Waals surface area contributed by atoms with Crippen LogP contribution in [0.2, 0.25) is 0 Å². The van der Waals surface area contributed by atoms with E-state index in [4.69, 9.17) is 4.52 Å². The number of aliphatic imine (C=N–C) groups is 1. The van der Waals surface area contributed by atoms with Gasteiger partial charge in [-0.05, 0) is 31.0 Å². The van der Waals surface area contributed by atoms with Crippen LogP contribution in [0.5, 0.6) is 0 Å². The van der Waals surface area contributed by atoms with E-state index < -0.39 is 0 Å². The molecule has 7 heteroatoms. The predicted molar refractivity (Wildman–Crippen MR) is 82.0 cm³/mol. The minimum Gasteiger partial charge on any atom is -0.357 e.